The number of methoxy groups -OCH3 is 1. The molecule has 0 spiro atoms. The predicted octanol–water partition coefficient (Wildman–Crippen LogP) is 3.82. The summed E-state index contributed by atoms with van der Waals surface area (Å²) >= 11 is 3.58. The van der Waals surface area contributed by atoms with Crippen molar-refractivity contribution in [2.45, 2.75) is 44.1 Å². The molecule has 3 N–H and O–H groups in total. The zero-order chi connectivity index (χ0) is 16.0. The topological polar surface area (TPSA) is 59.6 Å². The molecular weight excluding hydrogens is 469 g/mol. The monoisotopic (exact) mass is 495 g/mol. The molecule has 6 heteroatoms. The number of benzene rings is 1. The van der Waals surface area contributed by atoms with Crippen LogP contribution in [0.1, 0.15) is 38.2 Å². The first-order chi connectivity index (χ1) is 10.6. The van der Waals surface area contributed by atoms with Gasteiger partial charge in [-0.1, -0.05) is 40.9 Å². The Bertz CT molecular complexity index is 518. The molecule has 1 aliphatic carbocycles. The van der Waals surface area contributed by atoms with Gasteiger partial charge in [-0.25, -0.2) is 0 Å². The van der Waals surface area contributed by atoms with Crippen LogP contribution in [0, 0.1) is 0 Å². The molecular formula is C17H27BrIN3O. The van der Waals surface area contributed by atoms with Crippen molar-refractivity contribution in [1.29, 1.82) is 0 Å². The van der Waals surface area contributed by atoms with Gasteiger partial charge in [-0.3, -0.25) is 4.99 Å². The molecule has 0 aromatic heterocycles. The second-order valence-electron chi connectivity index (χ2n) is 6.20. The highest BCUT2D eigenvalue weighted by Crippen LogP contribution is 2.42. The summed E-state index contributed by atoms with van der Waals surface area (Å²) in [5, 5.41) is 3.18. The smallest absolute Gasteiger partial charge is 0.188 e. The van der Waals surface area contributed by atoms with Crippen molar-refractivity contribution in [2.75, 3.05) is 20.3 Å². The number of nitrogens with one attached hydrogen (secondary N) is 1. The normalized spacial score (nSPS) is 18.3. The summed E-state index contributed by atoms with van der Waals surface area (Å²) in [4.78, 5) is 4.62. The lowest BCUT2D eigenvalue weighted by Gasteiger charge is -2.28. The number of aliphatic imine (C=N–C) groups is 1. The molecule has 0 bridgehead atoms. The molecule has 2 rings (SSSR count). The molecule has 0 aliphatic heterocycles. The molecule has 0 heterocycles. The number of rotatable bonds is 6. The van der Waals surface area contributed by atoms with Gasteiger partial charge < -0.3 is 15.8 Å². The Morgan fingerprint density at radius 1 is 1.43 bits per heavy atom. The number of ether oxygens (including phenoxy) is 1. The van der Waals surface area contributed by atoms with Crippen molar-refractivity contribution in [3.05, 3.63) is 34.3 Å². The Morgan fingerprint density at radius 3 is 2.74 bits per heavy atom. The first-order valence-corrected chi connectivity index (χ1v) is 8.66. The first kappa shape index (κ1) is 20.7. The van der Waals surface area contributed by atoms with Crippen molar-refractivity contribution in [3.63, 3.8) is 0 Å². The van der Waals surface area contributed by atoms with Crippen LogP contribution in [0.15, 0.2) is 33.7 Å². The van der Waals surface area contributed by atoms with E-state index in [-0.39, 0.29) is 35.4 Å². The third-order valence-electron chi connectivity index (χ3n) is 4.36. The summed E-state index contributed by atoms with van der Waals surface area (Å²) in [5.74, 6) is 0.505. The van der Waals surface area contributed by atoms with E-state index in [1.807, 2.05) is 6.92 Å². The van der Waals surface area contributed by atoms with E-state index in [1.54, 1.807) is 7.11 Å². The molecule has 0 radical (unpaired) electrons. The van der Waals surface area contributed by atoms with E-state index in [1.165, 1.54) is 31.2 Å². The highest BCUT2D eigenvalue weighted by molar-refractivity contribution is 14.0. The summed E-state index contributed by atoms with van der Waals surface area (Å²) in [6.45, 7) is 3.39. The molecule has 1 atom stereocenters. The fourth-order valence-electron chi connectivity index (χ4n) is 3.23. The molecule has 0 amide bonds. The number of hydrogen-bond donors (Lipinski definition) is 2. The second kappa shape index (κ2) is 9.84. The lowest BCUT2D eigenvalue weighted by atomic mass is 9.79. The molecule has 1 aromatic rings. The Morgan fingerprint density at radius 2 is 2.13 bits per heavy atom. The lowest BCUT2D eigenvalue weighted by molar-refractivity contribution is 0.179. The maximum Gasteiger partial charge on any atom is 0.188 e. The van der Waals surface area contributed by atoms with Gasteiger partial charge in [0.25, 0.3) is 0 Å². The summed E-state index contributed by atoms with van der Waals surface area (Å²) in [6, 6.07) is 8.77. The maximum absolute atomic E-state index is 6.02. The Hall–Kier alpha value is -0.340. The number of guanidine groups is 1. The molecule has 23 heavy (non-hydrogen) atoms. The van der Waals surface area contributed by atoms with Crippen LogP contribution in [-0.2, 0) is 10.2 Å². The minimum Gasteiger partial charge on any atom is -0.383 e. The molecule has 1 unspecified atom stereocenters. The summed E-state index contributed by atoms with van der Waals surface area (Å²) in [5.41, 5.74) is 7.51. The number of hydrogen-bond acceptors (Lipinski definition) is 2. The third kappa shape index (κ3) is 5.90. The van der Waals surface area contributed by atoms with Gasteiger partial charge in [-0.05, 0) is 37.5 Å². The van der Waals surface area contributed by atoms with E-state index in [9.17, 15) is 0 Å². The number of nitrogens with two attached hydrogens (primary N) is 1. The van der Waals surface area contributed by atoms with Crippen molar-refractivity contribution in [3.8, 4) is 0 Å². The van der Waals surface area contributed by atoms with Crippen LogP contribution in [0.3, 0.4) is 0 Å². The zero-order valence-electron chi connectivity index (χ0n) is 13.8. The Balaban J connectivity index is 0.00000264. The summed E-state index contributed by atoms with van der Waals surface area (Å²) in [7, 11) is 1.69. The lowest BCUT2D eigenvalue weighted by Crippen LogP contribution is -2.41. The van der Waals surface area contributed by atoms with Crippen molar-refractivity contribution in [2.24, 2.45) is 10.7 Å². The largest absolute Gasteiger partial charge is 0.383 e. The quantitative estimate of drug-likeness (QED) is 0.358. The van der Waals surface area contributed by atoms with E-state index in [0.29, 0.717) is 12.6 Å². The Kier molecular flexibility index (Phi) is 8.85. The minimum atomic E-state index is 0. The van der Waals surface area contributed by atoms with Crippen LogP contribution < -0.4 is 11.1 Å². The molecule has 1 aliphatic rings. The Labute approximate surface area is 164 Å². The van der Waals surface area contributed by atoms with Crippen LogP contribution >= 0.6 is 39.9 Å². The van der Waals surface area contributed by atoms with Gasteiger partial charge in [0.2, 0.25) is 0 Å². The van der Waals surface area contributed by atoms with Crippen LogP contribution in [0.5, 0.6) is 0 Å². The highest BCUT2D eigenvalue weighted by Gasteiger charge is 2.35. The van der Waals surface area contributed by atoms with Gasteiger partial charge in [0.15, 0.2) is 5.96 Å². The molecule has 4 nitrogen and oxygen atoms in total. The number of nitrogens with zero attached hydrogens (tertiary/aromatic N) is 1. The van der Waals surface area contributed by atoms with Crippen LogP contribution in [0.25, 0.3) is 0 Å². The fourth-order valence-corrected chi connectivity index (χ4v) is 3.63. The van der Waals surface area contributed by atoms with E-state index in [4.69, 9.17) is 10.5 Å². The minimum absolute atomic E-state index is 0. The van der Waals surface area contributed by atoms with Gasteiger partial charge in [-0.15, -0.1) is 24.0 Å². The predicted molar refractivity (Wildman–Crippen MR) is 111 cm³/mol. The van der Waals surface area contributed by atoms with Gasteiger partial charge in [0.05, 0.1) is 13.2 Å². The van der Waals surface area contributed by atoms with E-state index in [0.717, 1.165) is 11.0 Å². The zero-order valence-corrected chi connectivity index (χ0v) is 17.8. The molecule has 1 aromatic carbocycles. The standard InChI is InChI=1S/C17H26BrN3O.HI/c1-13(11-22-2)21-16(19)20-12-17(8-3-4-9-17)14-6-5-7-15(18)10-14;/h5-7,10,13H,3-4,8-9,11-12H2,1-2H3,(H3,19,20,21);1H. The summed E-state index contributed by atoms with van der Waals surface area (Å²) < 4.78 is 6.23. The van der Waals surface area contributed by atoms with Crippen LogP contribution in [0.2, 0.25) is 0 Å². The van der Waals surface area contributed by atoms with Crippen molar-refractivity contribution >= 4 is 45.9 Å². The fraction of sp³-hybridized carbons (Fsp3) is 0.588. The summed E-state index contributed by atoms with van der Waals surface area (Å²) in [6.07, 6.45) is 4.87. The molecule has 1 saturated carbocycles. The second-order valence-corrected chi connectivity index (χ2v) is 7.12. The van der Waals surface area contributed by atoms with Crippen LogP contribution in [-0.4, -0.2) is 32.3 Å². The highest BCUT2D eigenvalue weighted by atomic mass is 127. The first-order valence-electron chi connectivity index (χ1n) is 7.87. The third-order valence-corrected chi connectivity index (χ3v) is 4.85. The van der Waals surface area contributed by atoms with E-state index in [2.05, 4.69) is 50.5 Å². The van der Waals surface area contributed by atoms with E-state index < -0.39 is 0 Å². The molecule has 1 fully saturated rings. The van der Waals surface area contributed by atoms with Crippen molar-refractivity contribution in [1.82, 2.24) is 5.32 Å². The van der Waals surface area contributed by atoms with Gasteiger partial charge in [-0.2, -0.15) is 0 Å². The van der Waals surface area contributed by atoms with Gasteiger partial charge >= 0.3 is 0 Å². The molecule has 0 saturated heterocycles. The number of halogens is 2. The van der Waals surface area contributed by atoms with Crippen LogP contribution in [0.4, 0.5) is 0 Å². The van der Waals surface area contributed by atoms with Gasteiger partial charge in [0, 0.05) is 23.0 Å². The van der Waals surface area contributed by atoms with Gasteiger partial charge in [0.1, 0.15) is 0 Å². The van der Waals surface area contributed by atoms with Crippen molar-refractivity contribution < 1.29 is 4.74 Å². The maximum atomic E-state index is 6.02. The van der Waals surface area contributed by atoms with E-state index >= 15 is 0 Å². The average Bonchev–Trinajstić information content (AvgIpc) is 2.95. The SMILES string of the molecule is COCC(C)NC(N)=NCC1(c2cccc(Br)c2)CCCC1.I. The average molecular weight is 496 g/mol. The molecule has 130 valence electrons.